The average Bonchev–Trinajstić information content (AvgIpc) is 2.59. The van der Waals surface area contributed by atoms with Crippen LogP contribution in [-0.4, -0.2) is 19.1 Å². The van der Waals surface area contributed by atoms with E-state index in [0.29, 0.717) is 26.0 Å². The third-order valence-corrected chi connectivity index (χ3v) is 3.39. The van der Waals surface area contributed by atoms with Gasteiger partial charge < -0.3 is 15.8 Å². The van der Waals surface area contributed by atoms with Gasteiger partial charge in [-0.15, -0.1) is 12.4 Å². The molecule has 1 amide bonds. The van der Waals surface area contributed by atoms with E-state index >= 15 is 0 Å². The van der Waals surface area contributed by atoms with Gasteiger partial charge in [0.05, 0.1) is 6.61 Å². The van der Waals surface area contributed by atoms with Crippen molar-refractivity contribution in [1.29, 1.82) is 0 Å². The lowest BCUT2D eigenvalue weighted by molar-refractivity contribution is -0.121. The molecule has 1 atom stereocenters. The number of nitrogens with one attached hydrogen (secondary N) is 1. The molecule has 4 nitrogen and oxygen atoms in total. The van der Waals surface area contributed by atoms with E-state index in [2.05, 4.69) is 5.32 Å². The SMILES string of the molecule is Cl.NC(CNC(=O)CCCOc1ccccc1F)c1ccccc1. The van der Waals surface area contributed by atoms with E-state index in [-0.39, 0.29) is 30.1 Å². The molecule has 0 heterocycles. The van der Waals surface area contributed by atoms with E-state index in [1.807, 2.05) is 30.3 Å². The Hall–Kier alpha value is -2.11. The molecule has 0 bridgehead atoms. The predicted octanol–water partition coefficient (Wildman–Crippen LogP) is 3.22. The third-order valence-electron chi connectivity index (χ3n) is 3.39. The van der Waals surface area contributed by atoms with Crippen LogP contribution in [0.1, 0.15) is 24.4 Å². The Morgan fingerprint density at radius 3 is 2.50 bits per heavy atom. The smallest absolute Gasteiger partial charge is 0.220 e. The highest BCUT2D eigenvalue weighted by atomic mass is 35.5. The zero-order valence-electron chi connectivity index (χ0n) is 13.3. The molecule has 0 spiro atoms. The number of halogens is 2. The summed E-state index contributed by atoms with van der Waals surface area (Å²) >= 11 is 0. The second-order valence-electron chi connectivity index (χ2n) is 5.20. The Labute approximate surface area is 147 Å². The molecule has 0 aliphatic rings. The molecule has 0 aliphatic heterocycles. The molecule has 0 aliphatic carbocycles. The normalized spacial score (nSPS) is 11.2. The number of carbonyl (C=O) groups excluding carboxylic acids is 1. The van der Waals surface area contributed by atoms with Crippen molar-refractivity contribution in [3.8, 4) is 5.75 Å². The average molecular weight is 353 g/mol. The summed E-state index contributed by atoms with van der Waals surface area (Å²) in [7, 11) is 0. The highest BCUT2D eigenvalue weighted by Crippen LogP contribution is 2.15. The van der Waals surface area contributed by atoms with Crippen molar-refractivity contribution >= 4 is 18.3 Å². The molecule has 24 heavy (non-hydrogen) atoms. The summed E-state index contributed by atoms with van der Waals surface area (Å²) in [5, 5.41) is 2.80. The topological polar surface area (TPSA) is 64.3 Å². The van der Waals surface area contributed by atoms with Crippen LogP contribution in [0.3, 0.4) is 0 Å². The number of carbonyl (C=O) groups is 1. The maximum Gasteiger partial charge on any atom is 0.220 e. The Kier molecular flexibility index (Phi) is 8.83. The van der Waals surface area contributed by atoms with Gasteiger partial charge in [-0.25, -0.2) is 4.39 Å². The van der Waals surface area contributed by atoms with Crippen molar-refractivity contribution in [2.45, 2.75) is 18.9 Å². The summed E-state index contributed by atoms with van der Waals surface area (Å²) in [5.41, 5.74) is 6.99. The Bertz CT molecular complexity index is 625. The first-order valence-corrected chi connectivity index (χ1v) is 7.61. The van der Waals surface area contributed by atoms with Gasteiger partial charge in [0.25, 0.3) is 0 Å². The second-order valence-corrected chi connectivity index (χ2v) is 5.20. The monoisotopic (exact) mass is 352 g/mol. The number of nitrogens with two attached hydrogens (primary N) is 1. The predicted molar refractivity (Wildman–Crippen MR) is 94.8 cm³/mol. The lowest BCUT2D eigenvalue weighted by Crippen LogP contribution is -2.31. The summed E-state index contributed by atoms with van der Waals surface area (Å²) in [6, 6.07) is 15.6. The number of ether oxygens (including phenoxy) is 1. The summed E-state index contributed by atoms with van der Waals surface area (Å²) in [6.07, 6.45) is 0.830. The van der Waals surface area contributed by atoms with Gasteiger partial charge in [0.15, 0.2) is 11.6 Å². The van der Waals surface area contributed by atoms with Crippen LogP contribution in [0.25, 0.3) is 0 Å². The number of para-hydroxylation sites is 1. The van der Waals surface area contributed by atoms with Crippen LogP contribution in [0.4, 0.5) is 4.39 Å². The highest BCUT2D eigenvalue weighted by molar-refractivity contribution is 5.85. The minimum absolute atomic E-state index is 0. The van der Waals surface area contributed by atoms with Crippen LogP contribution in [-0.2, 0) is 4.79 Å². The fourth-order valence-corrected chi connectivity index (χ4v) is 2.11. The van der Waals surface area contributed by atoms with Crippen LogP contribution in [0.15, 0.2) is 54.6 Å². The first kappa shape index (κ1) is 19.9. The molecule has 0 saturated carbocycles. The standard InChI is InChI=1S/C18H21FN2O2.ClH/c19-15-9-4-5-10-17(15)23-12-6-11-18(22)21-13-16(20)14-7-2-1-3-8-14;/h1-5,7-10,16H,6,11-13,20H2,(H,21,22);1H. The zero-order chi connectivity index (χ0) is 16.5. The first-order chi connectivity index (χ1) is 11.2. The maximum atomic E-state index is 13.3. The van der Waals surface area contributed by atoms with Gasteiger partial charge in [-0.1, -0.05) is 42.5 Å². The Morgan fingerprint density at radius 1 is 1.12 bits per heavy atom. The molecule has 0 saturated heterocycles. The van der Waals surface area contributed by atoms with Crippen LogP contribution in [0, 0.1) is 5.82 Å². The van der Waals surface area contributed by atoms with Crippen molar-refractivity contribution in [2.75, 3.05) is 13.2 Å². The molecule has 130 valence electrons. The summed E-state index contributed by atoms with van der Waals surface area (Å²) < 4.78 is 18.6. The van der Waals surface area contributed by atoms with Crippen molar-refractivity contribution < 1.29 is 13.9 Å². The van der Waals surface area contributed by atoms with E-state index in [1.165, 1.54) is 6.07 Å². The van der Waals surface area contributed by atoms with Gasteiger partial charge in [-0.05, 0) is 24.1 Å². The van der Waals surface area contributed by atoms with Crippen LogP contribution < -0.4 is 15.8 Å². The second kappa shape index (κ2) is 10.6. The minimum Gasteiger partial charge on any atom is -0.491 e. The highest BCUT2D eigenvalue weighted by Gasteiger charge is 2.08. The Morgan fingerprint density at radius 2 is 1.79 bits per heavy atom. The van der Waals surface area contributed by atoms with Crippen molar-refractivity contribution in [1.82, 2.24) is 5.32 Å². The lowest BCUT2D eigenvalue weighted by Gasteiger charge is -2.13. The molecule has 0 fully saturated rings. The van der Waals surface area contributed by atoms with Crippen molar-refractivity contribution in [2.24, 2.45) is 5.73 Å². The van der Waals surface area contributed by atoms with Gasteiger partial charge in [0.1, 0.15) is 0 Å². The Balaban J connectivity index is 0.00000288. The summed E-state index contributed by atoms with van der Waals surface area (Å²) in [6.45, 7) is 0.677. The van der Waals surface area contributed by atoms with Crippen molar-refractivity contribution in [3.63, 3.8) is 0 Å². The van der Waals surface area contributed by atoms with Crippen molar-refractivity contribution in [3.05, 3.63) is 66.0 Å². The molecule has 2 aromatic carbocycles. The minimum atomic E-state index is -0.397. The third kappa shape index (κ3) is 6.56. The zero-order valence-corrected chi connectivity index (χ0v) is 14.1. The molecule has 1 unspecified atom stereocenters. The molecule has 6 heteroatoms. The van der Waals surface area contributed by atoms with E-state index in [4.69, 9.17) is 10.5 Å². The number of amides is 1. The first-order valence-electron chi connectivity index (χ1n) is 7.61. The molecule has 2 rings (SSSR count). The molecule has 3 N–H and O–H groups in total. The number of hydrogen-bond donors (Lipinski definition) is 2. The van der Waals surface area contributed by atoms with Gasteiger partial charge in [-0.2, -0.15) is 0 Å². The molecular formula is C18H22ClFN2O2. The number of benzene rings is 2. The largest absolute Gasteiger partial charge is 0.491 e. The summed E-state index contributed by atoms with van der Waals surface area (Å²) in [4.78, 5) is 11.8. The molecule has 0 aromatic heterocycles. The lowest BCUT2D eigenvalue weighted by atomic mass is 10.1. The van der Waals surface area contributed by atoms with E-state index in [1.54, 1.807) is 18.2 Å². The van der Waals surface area contributed by atoms with E-state index in [9.17, 15) is 9.18 Å². The van der Waals surface area contributed by atoms with E-state index in [0.717, 1.165) is 5.56 Å². The van der Waals surface area contributed by atoms with Gasteiger partial charge >= 0.3 is 0 Å². The fourth-order valence-electron chi connectivity index (χ4n) is 2.11. The van der Waals surface area contributed by atoms with Gasteiger partial charge in [-0.3, -0.25) is 4.79 Å². The quantitative estimate of drug-likeness (QED) is 0.717. The maximum absolute atomic E-state index is 13.3. The molecule has 2 aromatic rings. The van der Waals surface area contributed by atoms with Crippen LogP contribution >= 0.6 is 12.4 Å². The number of hydrogen-bond acceptors (Lipinski definition) is 3. The molecule has 0 radical (unpaired) electrons. The summed E-state index contributed by atoms with van der Waals surface area (Å²) in [5.74, 6) is -0.279. The fraction of sp³-hybridized carbons (Fsp3) is 0.278. The number of rotatable bonds is 8. The molecular weight excluding hydrogens is 331 g/mol. The van der Waals surface area contributed by atoms with Gasteiger partial charge in [0, 0.05) is 19.0 Å². The van der Waals surface area contributed by atoms with Crippen LogP contribution in [0.5, 0.6) is 5.75 Å². The van der Waals surface area contributed by atoms with E-state index < -0.39 is 5.82 Å². The van der Waals surface area contributed by atoms with Gasteiger partial charge in [0.2, 0.25) is 5.91 Å². The van der Waals surface area contributed by atoms with Crippen LogP contribution in [0.2, 0.25) is 0 Å².